The van der Waals surface area contributed by atoms with Crippen molar-refractivity contribution in [2.24, 2.45) is 4.36 Å². The summed E-state index contributed by atoms with van der Waals surface area (Å²) in [4.78, 5) is 14.3. The maximum absolute atomic E-state index is 12.9. The van der Waals surface area contributed by atoms with Crippen molar-refractivity contribution >= 4 is 22.2 Å². The van der Waals surface area contributed by atoms with Gasteiger partial charge in [0.2, 0.25) is 0 Å². The summed E-state index contributed by atoms with van der Waals surface area (Å²) in [6, 6.07) is 6.85. The van der Waals surface area contributed by atoms with Crippen LogP contribution in [-0.2, 0) is 10.5 Å². The van der Waals surface area contributed by atoms with Gasteiger partial charge in [0.15, 0.2) is 0 Å². The molecule has 0 bridgehead atoms. The number of rotatable bonds is 2. The quantitative estimate of drug-likeness (QED) is 0.782. The number of carbonyl (C=O) groups is 1. The molecule has 0 aromatic heterocycles. The van der Waals surface area contributed by atoms with Crippen LogP contribution in [0.3, 0.4) is 0 Å². The Hall–Kier alpha value is -2.61. The molecule has 1 heterocycles. The summed E-state index contributed by atoms with van der Waals surface area (Å²) in [5.74, 6) is -2.44. The lowest BCUT2D eigenvalue weighted by Crippen LogP contribution is -1.99. The third-order valence-corrected chi connectivity index (χ3v) is 2.70. The summed E-state index contributed by atoms with van der Waals surface area (Å²) in [5, 5.41) is 8.45. The van der Waals surface area contributed by atoms with E-state index in [-0.39, 0.29) is 5.69 Å². The van der Waals surface area contributed by atoms with E-state index in [4.69, 9.17) is 5.11 Å². The van der Waals surface area contributed by atoms with Gasteiger partial charge in [-0.2, -0.15) is 8.42 Å². The van der Waals surface area contributed by atoms with Gasteiger partial charge in [0.1, 0.15) is 5.82 Å². The number of carboxylic acids is 1. The van der Waals surface area contributed by atoms with Gasteiger partial charge in [-0.1, -0.05) is 0 Å². The molecule has 0 radical (unpaired) electrons. The molecule has 0 spiro atoms. The molecule has 0 saturated carbocycles. The van der Waals surface area contributed by atoms with E-state index in [9.17, 15) is 17.6 Å². The standard InChI is InChI=1S/C7H4FNO4S.C5H3N/c8-6-3-4(9-14(12)13)1-2-5(6)7(10)11;1-2-6-5-3-4(1)5/h1-3H,(H,10,11);1-3H. The van der Waals surface area contributed by atoms with Crippen molar-refractivity contribution in [2.45, 2.75) is 0 Å². The third-order valence-electron chi connectivity index (χ3n) is 2.34. The van der Waals surface area contributed by atoms with Crippen LogP contribution in [-0.4, -0.2) is 24.5 Å². The zero-order valence-corrected chi connectivity index (χ0v) is 10.6. The number of halogens is 1. The normalized spacial score (nSPS) is 10.1. The van der Waals surface area contributed by atoms with Crippen molar-refractivity contribution in [2.75, 3.05) is 0 Å². The van der Waals surface area contributed by atoms with Crippen molar-refractivity contribution in [1.29, 1.82) is 0 Å². The summed E-state index contributed by atoms with van der Waals surface area (Å²) in [7, 11) is -2.68. The highest BCUT2D eigenvalue weighted by molar-refractivity contribution is 7.61. The minimum Gasteiger partial charge on any atom is -0.478 e. The molecule has 20 heavy (non-hydrogen) atoms. The lowest BCUT2D eigenvalue weighted by atomic mass is 10.2. The lowest BCUT2D eigenvalue weighted by molar-refractivity contribution is 0.0692. The Labute approximate surface area is 114 Å². The van der Waals surface area contributed by atoms with Gasteiger partial charge in [-0.05, 0) is 24.3 Å². The smallest absolute Gasteiger partial charge is 0.338 e. The van der Waals surface area contributed by atoms with Gasteiger partial charge < -0.3 is 5.11 Å². The van der Waals surface area contributed by atoms with Gasteiger partial charge in [-0.25, -0.2) is 9.18 Å². The first kappa shape index (κ1) is 13.8. The van der Waals surface area contributed by atoms with Gasteiger partial charge in [0.05, 0.1) is 16.9 Å². The first-order valence-corrected chi connectivity index (χ1v) is 6.31. The molecule has 0 saturated heterocycles. The molecule has 0 unspecified atom stereocenters. The number of aromatic carboxylic acids is 1. The summed E-state index contributed by atoms with van der Waals surface area (Å²) < 4.78 is 36.1. The highest BCUT2D eigenvalue weighted by Crippen LogP contribution is 2.29. The molecule has 0 atom stereocenters. The summed E-state index contributed by atoms with van der Waals surface area (Å²) in [6.07, 6.45) is 1.82. The van der Waals surface area contributed by atoms with Gasteiger partial charge in [-0.3, -0.25) is 4.98 Å². The maximum atomic E-state index is 12.9. The number of hydrogen-bond donors (Lipinski definition) is 1. The molecule has 3 rings (SSSR count). The summed E-state index contributed by atoms with van der Waals surface area (Å²) in [6.45, 7) is 0. The molecule has 1 aromatic rings. The van der Waals surface area contributed by atoms with Gasteiger partial charge in [0, 0.05) is 17.8 Å². The monoisotopic (exact) mass is 294 g/mol. The van der Waals surface area contributed by atoms with E-state index < -0.39 is 27.9 Å². The van der Waals surface area contributed by atoms with Crippen LogP contribution in [0.5, 0.6) is 0 Å². The molecule has 1 aliphatic heterocycles. The second kappa shape index (κ2) is 5.57. The SMILES string of the molecule is O=C(O)c1ccc(N=S(=O)=O)cc1F.c1cc2cc-2n1. The number of hydrogen-bond acceptors (Lipinski definition) is 5. The molecule has 1 aromatic carbocycles. The lowest BCUT2D eigenvalue weighted by Gasteiger charge is -1.96. The van der Waals surface area contributed by atoms with Crippen molar-refractivity contribution in [3.8, 4) is 11.3 Å². The van der Waals surface area contributed by atoms with Crippen molar-refractivity contribution in [1.82, 2.24) is 4.98 Å². The largest absolute Gasteiger partial charge is 0.478 e. The van der Waals surface area contributed by atoms with Crippen molar-refractivity contribution < 1.29 is 22.7 Å². The van der Waals surface area contributed by atoms with Gasteiger partial charge >= 0.3 is 16.5 Å². The zero-order chi connectivity index (χ0) is 14.7. The molecule has 0 fully saturated rings. The van der Waals surface area contributed by atoms with E-state index in [1.807, 2.05) is 12.3 Å². The Morgan fingerprint density at radius 1 is 1.25 bits per heavy atom. The van der Waals surface area contributed by atoms with Crippen LogP contribution in [0.1, 0.15) is 10.4 Å². The minimum atomic E-state index is -2.68. The highest BCUT2D eigenvalue weighted by atomic mass is 32.2. The number of benzene rings is 1. The van der Waals surface area contributed by atoms with E-state index in [0.29, 0.717) is 0 Å². The van der Waals surface area contributed by atoms with Crippen molar-refractivity contribution in [3.05, 3.63) is 47.9 Å². The Kier molecular flexibility index (Phi) is 3.85. The first-order valence-electron chi connectivity index (χ1n) is 5.28. The topological polar surface area (TPSA) is 96.7 Å². The number of pyridine rings is 1. The number of nitrogens with zero attached hydrogens (tertiary/aromatic N) is 2. The fraction of sp³-hybridized carbons (Fsp3) is 0. The second-order valence-corrected chi connectivity index (χ2v) is 4.32. The Balaban J connectivity index is 0.000000198. The van der Waals surface area contributed by atoms with Gasteiger partial charge in [-0.15, -0.1) is 4.36 Å². The molecule has 1 N–H and O–H groups in total. The predicted octanol–water partition coefficient (Wildman–Crippen LogP) is 2.28. The Bertz CT molecular complexity index is 793. The Morgan fingerprint density at radius 2 is 2.00 bits per heavy atom. The molecule has 0 amide bonds. The van der Waals surface area contributed by atoms with E-state index in [2.05, 4.69) is 15.4 Å². The molecular weight excluding hydrogens is 287 g/mol. The van der Waals surface area contributed by atoms with Crippen LogP contribution in [0.15, 0.2) is 40.9 Å². The molecule has 102 valence electrons. The van der Waals surface area contributed by atoms with Crippen LogP contribution >= 0.6 is 0 Å². The average molecular weight is 294 g/mol. The molecular formula is C12H7FN2O4S. The zero-order valence-electron chi connectivity index (χ0n) is 9.82. The second-order valence-electron chi connectivity index (χ2n) is 3.71. The van der Waals surface area contributed by atoms with E-state index in [0.717, 1.165) is 18.2 Å². The molecule has 1 aliphatic carbocycles. The maximum Gasteiger partial charge on any atom is 0.338 e. The highest BCUT2D eigenvalue weighted by Gasteiger charge is 2.10. The predicted molar refractivity (Wildman–Crippen MR) is 67.6 cm³/mol. The fourth-order valence-electron chi connectivity index (χ4n) is 1.37. The van der Waals surface area contributed by atoms with E-state index in [1.54, 1.807) is 0 Å². The molecule has 6 nitrogen and oxygen atoms in total. The molecule has 2 aliphatic rings. The van der Waals surface area contributed by atoms with Crippen LogP contribution < -0.4 is 0 Å². The van der Waals surface area contributed by atoms with Crippen LogP contribution in [0.25, 0.3) is 11.3 Å². The van der Waals surface area contributed by atoms with Crippen LogP contribution in [0.2, 0.25) is 0 Å². The average Bonchev–Trinajstić information content (AvgIpc) is 2.95. The summed E-state index contributed by atoms with van der Waals surface area (Å²) in [5.41, 5.74) is 1.81. The minimum absolute atomic E-state index is 0.152. The van der Waals surface area contributed by atoms with Crippen molar-refractivity contribution in [3.63, 3.8) is 0 Å². The van der Waals surface area contributed by atoms with Crippen LogP contribution in [0, 0.1) is 5.82 Å². The summed E-state index contributed by atoms with van der Waals surface area (Å²) >= 11 is 0. The molecule has 8 heteroatoms. The first-order chi connectivity index (χ1) is 9.47. The van der Waals surface area contributed by atoms with E-state index in [1.165, 1.54) is 11.3 Å². The van der Waals surface area contributed by atoms with E-state index >= 15 is 0 Å². The number of carboxylic acid groups (broad SMARTS) is 1. The number of fused-ring (bicyclic) bond motifs is 1. The van der Waals surface area contributed by atoms with Gasteiger partial charge in [0.25, 0.3) is 0 Å². The van der Waals surface area contributed by atoms with Crippen LogP contribution in [0.4, 0.5) is 10.1 Å². The fourth-order valence-corrected chi connectivity index (χ4v) is 1.66. The number of aromatic nitrogens is 1. The Morgan fingerprint density at radius 3 is 2.35 bits per heavy atom. The third kappa shape index (κ3) is 3.45.